The Morgan fingerprint density at radius 3 is 2.44 bits per heavy atom. The Morgan fingerprint density at radius 1 is 1.06 bits per heavy atom. The number of rotatable bonds is 3. The van der Waals surface area contributed by atoms with Crippen molar-refractivity contribution in [3.05, 3.63) is 30.3 Å². The highest BCUT2D eigenvalue weighted by atomic mass is 32.1. The third-order valence-corrected chi connectivity index (χ3v) is 2.69. The van der Waals surface area contributed by atoms with Crippen molar-refractivity contribution >= 4 is 42.3 Å². The summed E-state index contributed by atoms with van der Waals surface area (Å²) in [6.07, 6.45) is 0. The Hall–Kier alpha value is -1.24. The number of hydrogen-bond donors (Lipinski definition) is 4. The van der Waals surface area contributed by atoms with E-state index in [0.29, 0.717) is 17.2 Å². The molecular weight excluding hydrogens is 244 g/mol. The van der Waals surface area contributed by atoms with Crippen LogP contribution < -0.4 is 19.6 Å². The molecule has 3 N–H and O–H groups in total. The van der Waals surface area contributed by atoms with Crippen molar-refractivity contribution < 1.29 is 8.37 Å². The van der Waals surface area contributed by atoms with Crippen LogP contribution in [0.4, 0.5) is 5.69 Å². The molecule has 0 heterocycles. The van der Waals surface area contributed by atoms with Crippen LogP contribution in [0.25, 0.3) is 10.8 Å². The van der Waals surface area contributed by atoms with E-state index >= 15 is 0 Å². The molecule has 0 aromatic heterocycles. The summed E-state index contributed by atoms with van der Waals surface area (Å²) in [6.45, 7) is 0. The molecule has 0 atom stereocenters. The molecule has 2 aromatic rings. The molecule has 0 aliphatic carbocycles. The number of hydrogen-bond acceptors (Lipinski definition) is 6. The van der Waals surface area contributed by atoms with Gasteiger partial charge in [-0.2, -0.15) is 0 Å². The van der Waals surface area contributed by atoms with Crippen molar-refractivity contribution in [2.24, 2.45) is 5.84 Å². The Morgan fingerprint density at radius 2 is 1.81 bits per heavy atom. The molecule has 2 rings (SSSR count). The lowest BCUT2D eigenvalue weighted by Gasteiger charge is -2.10. The average Bonchev–Trinajstić information content (AvgIpc) is 2.36. The molecule has 0 bridgehead atoms. The smallest absolute Gasteiger partial charge is 0.162 e. The predicted molar refractivity (Wildman–Crippen MR) is 71.0 cm³/mol. The number of benzene rings is 2. The van der Waals surface area contributed by atoms with Crippen LogP contribution in [0.3, 0.4) is 0 Å². The minimum absolute atomic E-state index is 0.551. The van der Waals surface area contributed by atoms with Crippen LogP contribution >= 0.6 is 25.8 Å². The number of thiol groups is 2. The van der Waals surface area contributed by atoms with Gasteiger partial charge in [-0.05, 0) is 23.6 Å². The summed E-state index contributed by atoms with van der Waals surface area (Å²) in [5, 5.41) is 1.84. The highest BCUT2D eigenvalue weighted by Crippen LogP contribution is 2.35. The third kappa shape index (κ3) is 1.87. The first-order valence-electron chi connectivity index (χ1n) is 4.46. The molecule has 16 heavy (non-hydrogen) atoms. The Bertz CT molecular complexity index is 519. The first kappa shape index (κ1) is 11.3. The zero-order valence-corrected chi connectivity index (χ0v) is 9.96. The molecule has 0 spiro atoms. The molecule has 0 radical (unpaired) electrons. The van der Waals surface area contributed by atoms with Crippen LogP contribution in [0, 0.1) is 0 Å². The van der Waals surface area contributed by atoms with Gasteiger partial charge in [-0.3, -0.25) is 5.84 Å². The zero-order valence-electron chi connectivity index (χ0n) is 8.18. The quantitative estimate of drug-likeness (QED) is 0.294. The second kappa shape index (κ2) is 4.73. The van der Waals surface area contributed by atoms with Crippen molar-refractivity contribution in [2.45, 2.75) is 0 Å². The van der Waals surface area contributed by atoms with Crippen LogP contribution in [0.5, 0.6) is 11.5 Å². The number of anilines is 1. The Kier molecular flexibility index (Phi) is 3.33. The number of nitrogen functional groups attached to an aromatic ring is 1. The zero-order chi connectivity index (χ0) is 11.5. The lowest BCUT2D eigenvalue weighted by atomic mass is 10.1. The van der Waals surface area contributed by atoms with Gasteiger partial charge >= 0.3 is 0 Å². The van der Waals surface area contributed by atoms with Crippen molar-refractivity contribution in [3.8, 4) is 11.5 Å². The van der Waals surface area contributed by atoms with Gasteiger partial charge in [0.25, 0.3) is 0 Å². The summed E-state index contributed by atoms with van der Waals surface area (Å²) in [7, 11) is 0. The van der Waals surface area contributed by atoms with Gasteiger partial charge in [0.2, 0.25) is 0 Å². The van der Waals surface area contributed by atoms with E-state index in [1.54, 1.807) is 0 Å². The molecule has 2 aromatic carbocycles. The van der Waals surface area contributed by atoms with Crippen molar-refractivity contribution in [1.82, 2.24) is 0 Å². The van der Waals surface area contributed by atoms with Crippen LogP contribution in [0.1, 0.15) is 0 Å². The van der Waals surface area contributed by atoms with Crippen molar-refractivity contribution in [1.29, 1.82) is 0 Å². The van der Waals surface area contributed by atoms with E-state index in [0.717, 1.165) is 10.8 Å². The number of nitrogens with two attached hydrogens (primary N) is 1. The van der Waals surface area contributed by atoms with Crippen molar-refractivity contribution in [2.75, 3.05) is 5.43 Å². The molecule has 0 saturated carbocycles. The van der Waals surface area contributed by atoms with Crippen molar-refractivity contribution in [3.63, 3.8) is 0 Å². The SMILES string of the molecule is NNc1cc2c(OS)cccc2cc1OS. The molecule has 0 saturated heterocycles. The summed E-state index contributed by atoms with van der Waals surface area (Å²) in [5.74, 6) is 6.59. The molecule has 4 nitrogen and oxygen atoms in total. The Balaban J connectivity index is 2.72. The summed E-state index contributed by atoms with van der Waals surface area (Å²) in [4.78, 5) is 0. The normalized spacial score (nSPS) is 10.2. The lowest BCUT2D eigenvalue weighted by molar-refractivity contribution is 0.660. The first-order valence-corrected chi connectivity index (χ1v) is 5.19. The fourth-order valence-electron chi connectivity index (χ4n) is 1.54. The van der Waals surface area contributed by atoms with Crippen LogP contribution in [-0.4, -0.2) is 0 Å². The standard InChI is InChI=1S/C10H10N2O2S2/c11-12-8-5-7-6(4-10(8)14-16)2-1-3-9(7)13-15/h1-5,12,15-16H,11H2. The van der Waals surface area contributed by atoms with Gasteiger partial charge in [0.05, 0.1) is 5.69 Å². The molecule has 6 heteroatoms. The van der Waals surface area contributed by atoms with Crippen LogP contribution in [0.2, 0.25) is 0 Å². The molecule has 0 fully saturated rings. The monoisotopic (exact) mass is 254 g/mol. The van der Waals surface area contributed by atoms with Gasteiger partial charge in [0, 0.05) is 31.2 Å². The first-order chi connectivity index (χ1) is 7.80. The second-order valence-corrected chi connectivity index (χ2v) is 3.52. The lowest BCUT2D eigenvalue weighted by Crippen LogP contribution is -2.07. The van der Waals surface area contributed by atoms with E-state index in [-0.39, 0.29) is 0 Å². The van der Waals surface area contributed by atoms with Gasteiger partial charge in [-0.1, -0.05) is 12.1 Å². The van der Waals surface area contributed by atoms with E-state index in [9.17, 15) is 0 Å². The molecule has 84 valence electrons. The van der Waals surface area contributed by atoms with Gasteiger partial charge in [0.15, 0.2) is 5.75 Å². The highest BCUT2D eigenvalue weighted by molar-refractivity contribution is 7.75. The van der Waals surface area contributed by atoms with E-state index < -0.39 is 0 Å². The second-order valence-electron chi connectivity index (χ2n) is 3.15. The third-order valence-electron chi connectivity index (χ3n) is 2.29. The number of nitrogens with one attached hydrogen (secondary N) is 1. The van der Waals surface area contributed by atoms with Gasteiger partial charge in [-0.15, -0.1) is 0 Å². The topological polar surface area (TPSA) is 56.5 Å². The summed E-state index contributed by atoms with van der Waals surface area (Å²) in [5.41, 5.74) is 3.16. The van der Waals surface area contributed by atoms with E-state index in [4.69, 9.17) is 14.2 Å². The Labute approximate surface area is 104 Å². The fourth-order valence-corrected chi connectivity index (χ4v) is 1.85. The number of fused-ring (bicyclic) bond motifs is 1. The summed E-state index contributed by atoms with van der Waals surface area (Å²) in [6, 6.07) is 9.24. The maximum Gasteiger partial charge on any atom is 0.162 e. The van der Waals surface area contributed by atoms with Gasteiger partial charge in [-0.25, -0.2) is 0 Å². The number of hydrazine groups is 1. The minimum Gasteiger partial charge on any atom is -0.428 e. The average molecular weight is 254 g/mol. The molecule has 0 aliphatic heterocycles. The molecule has 0 aliphatic rings. The molecular formula is C10H10N2O2S2. The molecule has 0 amide bonds. The summed E-state index contributed by atoms with van der Waals surface area (Å²) >= 11 is 7.57. The van der Waals surface area contributed by atoms with Crippen LogP contribution in [0.15, 0.2) is 30.3 Å². The molecule has 0 unspecified atom stereocenters. The van der Waals surface area contributed by atoms with E-state index in [1.165, 1.54) is 0 Å². The van der Waals surface area contributed by atoms with Crippen LogP contribution in [-0.2, 0) is 0 Å². The minimum atomic E-state index is 0.551. The fraction of sp³-hybridized carbons (Fsp3) is 0. The van der Waals surface area contributed by atoms with E-state index in [1.807, 2.05) is 30.3 Å². The maximum absolute atomic E-state index is 5.38. The maximum atomic E-state index is 5.38. The highest BCUT2D eigenvalue weighted by Gasteiger charge is 2.08. The van der Waals surface area contributed by atoms with Gasteiger partial charge < -0.3 is 13.8 Å². The predicted octanol–water partition coefficient (Wildman–Crippen LogP) is 2.57. The summed E-state index contributed by atoms with van der Waals surface area (Å²) < 4.78 is 9.88. The van der Waals surface area contributed by atoms with Gasteiger partial charge in [0.1, 0.15) is 5.75 Å². The largest absolute Gasteiger partial charge is 0.428 e. The van der Waals surface area contributed by atoms with E-state index in [2.05, 4.69) is 31.2 Å².